The van der Waals surface area contributed by atoms with Gasteiger partial charge >= 0.3 is 0 Å². The number of benzene rings is 1. The van der Waals surface area contributed by atoms with Crippen molar-refractivity contribution in [2.45, 2.75) is 38.5 Å². The highest BCUT2D eigenvalue weighted by Crippen LogP contribution is 2.48. The van der Waals surface area contributed by atoms with E-state index in [-0.39, 0.29) is 17.3 Å². The minimum atomic E-state index is -0.483. The lowest BCUT2D eigenvalue weighted by atomic mass is 9.78. The van der Waals surface area contributed by atoms with Crippen LogP contribution in [0.15, 0.2) is 57.5 Å². The summed E-state index contributed by atoms with van der Waals surface area (Å²) in [5, 5.41) is 9.97. The third-order valence-corrected chi connectivity index (χ3v) is 7.17. The molecule has 1 aromatic heterocycles. The van der Waals surface area contributed by atoms with E-state index in [0.717, 1.165) is 11.3 Å². The van der Waals surface area contributed by atoms with Gasteiger partial charge in [-0.25, -0.2) is 4.39 Å². The van der Waals surface area contributed by atoms with Gasteiger partial charge < -0.3 is 5.73 Å². The largest absolute Gasteiger partial charge is 0.384 e. The van der Waals surface area contributed by atoms with Gasteiger partial charge in [-0.1, -0.05) is 22.9 Å². The van der Waals surface area contributed by atoms with Crippen LogP contribution in [0.2, 0.25) is 0 Å². The van der Waals surface area contributed by atoms with Gasteiger partial charge in [-0.3, -0.25) is 9.69 Å². The Kier molecular flexibility index (Phi) is 5.32. The van der Waals surface area contributed by atoms with E-state index >= 15 is 0 Å². The Morgan fingerprint density at radius 3 is 2.79 bits per heavy atom. The van der Waals surface area contributed by atoms with E-state index in [1.165, 1.54) is 10.9 Å². The first-order chi connectivity index (χ1) is 14.0. The van der Waals surface area contributed by atoms with Crippen molar-refractivity contribution in [1.29, 1.82) is 5.26 Å². The Bertz CT molecular complexity index is 1110. The molecule has 1 aliphatic carbocycles. The molecule has 0 unspecified atom stereocenters. The summed E-state index contributed by atoms with van der Waals surface area (Å²) in [4.78, 5) is 16.7. The monoisotopic (exact) mass is 471 g/mol. The second kappa shape index (κ2) is 7.77. The molecule has 1 atom stereocenters. The van der Waals surface area contributed by atoms with Crippen LogP contribution in [0.4, 0.5) is 10.1 Å². The summed E-state index contributed by atoms with van der Waals surface area (Å²) < 4.78 is 15.4. The quantitative estimate of drug-likeness (QED) is 0.639. The summed E-state index contributed by atoms with van der Waals surface area (Å²) in [5.74, 6) is -0.751. The second-order valence-corrected chi connectivity index (χ2v) is 9.19. The Morgan fingerprint density at radius 2 is 2.14 bits per heavy atom. The summed E-state index contributed by atoms with van der Waals surface area (Å²) in [5.41, 5.74) is 8.28. The molecule has 4 nitrogen and oxygen atoms in total. The smallest absolute Gasteiger partial charge is 0.161 e. The third-order valence-electron chi connectivity index (χ3n) is 5.38. The fourth-order valence-electron chi connectivity index (χ4n) is 4.05. The highest BCUT2D eigenvalue weighted by atomic mass is 79.9. The molecule has 1 aromatic carbocycles. The number of anilines is 1. The van der Waals surface area contributed by atoms with Crippen molar-refractivity contribution in [1.82, 2.24) is 0 Å². The van der Waals surface area contributed by atoms with E-state index in [1.807, 2.05) is 12.1 Å². The van der Waals surface area contributed by atoms with Crippen LogP contribution in [0.25, 0.3) is 0 Å². The average Bonchev–Trinajstić information content (AvgIpc) is 3.17. The number of carbonyl (C=O) groups is 1. The SMILES string of the molecule is CCc1ccc([C@H]2C(C#N)=C(N)N(c3ccc(Br)cc3F)C3=C2C(=O)CCC3)s1. The predicted octanol–water partition coefficient (Wildman–Crippen LogP) is 5.52. The molecule has 4 rings (SSSR count). The number of thiophene rings is 1. The molecule has 0 saturated carbocycles. The first-order valence-corrected chi connectivity index (χ1v) is 11.1. The summed E-state index contributed by atoms with van der Waals surface area (Å²) in [6, 6.07) is 10.9. The zero-order valence-electron chi connectivity index (χ0n) is 15.8. The molecule has 0 spiro atoms. The summed E-state index contributed by atoms with van der Waals surface area (Å²) in [7, 11) is 0. The van der Waals surface area contributed by atoms with E-state index in [4.69, 9.17) is 5.73 Å². The van der Waals surface area contributed by atoms with Gasteiger partial charge in [0.25, 0.3) is 0 Å². The molecule has 0 saturated heterocycles. The molecule has 0 fully saturated rings. The number of nitrogens with zero attached hydrogens (tertiary/aromatic N) is 2. The Hall–Kier alpha value is -2.43. The highest BCUT2D eigenvalue weighted by molar-refractivity contribution is 9.10. The zero-order valence-corrected chi connectivity index (χ0v) is 18.2. The van der Waals surface area contributed by atoms with Crippen LogP contribution < -0.4 is 10.6 Å². The summed E-state index contributed by atoms with van der Waals surface area (Å²) in [6.45, 7) is 2.07. The Balaban J connectivity index is 1.96. The Labute approximate surface area is 181 Å². The van der Waals surface area contributed by atoms with Gasteiger partial charge in [0.1, 0.15) is 11.6 Å². The van der Waals surface area contributed by atoms with E-state index < -0.39 is 11.7 Å². The lowest BCUT2D eigenvalue weighted by Gasteiger charge is -2.39. The predicted molar refractivity (Wildman–Crippen MR) is 116 cm³/mol. The maximum Gasteiger partial charge on any atom is 0.161 e. The lowest BCUT2D eigenvalue weighted by Crippen LogP contribution is -2.39. The number of ketones is 1. The third kappa shape index (κ3) is 3.30. The van der Waals surface area contributed by atoms with E-state index in [9.17, 15) is 14.4 Å². The highest BCUT2D eigenvalue weighted by Gasteiger charge is 2.41. The number of halogens is 2. The molecule has 2 heterocycles. The van der Waals surface area contributed by atoms with Crippen molar-refractivity contribution < 1.29 is 9.18 Å². The molecule has 2 N–H and O–H groups in total. The maximum absolute atomic E-state index is 14.8. The van der Waals surface area contributed by atoms with Crippen LogP contribution in [-0.4, -0.2) is 5.78 Å². The molecule has 7 heteroatoms. The molecule has 2 aliphatic rings. The fourth-order valence-corrected chi connectivity index (χ4v) is 5.45. The van der Waals surface area contributed by atoms with Crippen molar-refractivity contribution in [2.75, 3.05) is 4.90 Å². The molecule has 0 bridgehead atoms. The molecular weight excluding hydrogens is 453 g/mol. The number of carbonyl (C=O) groups excluding carboxylic acids is 1. The topological polar surface area (TPSA) is 70.1 Å². The van der Waals surface area contributed by atoms with Gasteiger partial charge in [0.15, 0.2) is 5.78 Å². The minimum absolute atomic E-state index is 0.00506. The number of nitriles is 1. The van der Waals surface area contributed by atoms with Crippen molar-refractivity contribution in [3.8, 4) is 6.07 Å². The lowest BCUT2D eigenvalue weighted by molar-refractivity contribution is -0.116. The van der Waals surface area contributed by atoms with Crippen LogP contribution in [0.1, 0.15) is 41.9 Å². The molecular formula is C22H19BrFN3OS. The van der Waals surface area contributed by atoms with E-state index in [1.54, 1.807) is 28.4 Å². The second-order valence-electron chi connectivity index (χ2n) is 7.07. The fraction of sp³-hybridized carbons (Fsp3) is 0.273. The molecule has 0 amide bonds. The van der Waals surface area contributed by atoms with Crippen LogP contribution in [-0.2, 0) is 11.2 Å². The average molecular weight is 472 g/mol. The number of hydrogen-bond donors (Lipinski definition) is 1. The van der Waals surface area contributed by atoms with Crippen LogP contribution in [0, 0.1) is 17.1 Å². The Morgan fingerprint density at radius 1 is 1.34 bits per heavy atom. The van der Waals surface area contributed by atoms with Crippen LogP contribution in [0.3, 0.4) is 0 Å². The molecule has 29 heavy (non-hydrogen) atoms. The van der Waals surface area contributed by atoms with Gasteiger partial charge in [-0.15, -0.1) is 11.3 Å². The van der Waals surface area contributed by atoms with Crippen LogP contribution >= 0.6 is 27.3 Å². The molecule has 0 radical (unpaired) electrons. The van der Waals surface area contributed by atoms with Gasteiger partial charge in [-0.05, 0) is 49.6 Å². The van der Waals surface area contributed by atoms with Crippen molar-refractivity contribution in [2.24, 2.45) is 5.73 Å². The number of hydrogen-bond acceptors (Lipinski definition) is 5. The first-order valence-electron chi connectivity index (χ1n) is 9.46. The maximum atomic E-state index is 14.8. The van der Waals surface area contributed by atoms with Gasteiger partial charge in [0.2, 0.25) is 0 Å². The zero-order chi connectivity index (χ0) is 20.7. The standard InChI is InChI=1S/C22H19BrFN3OS/c1-2-13-7-9-19(29-13)20-14(11-25)22(26)27(16-8-6-12(23)10-15(16)24)17-4-3-5-18(28)21(17)20/h6-10,20H,2-5,26H2,1H3/t20-/m1/s1. The van der Waals surface area contributed by atoms with Crippen molar-refractivity contribution in [3.63, 3.8) is 0 Å². The number of aryl methyl sites for hydroxylation is 1. The van der Waals surface area contributed by atoms with Crippen LogP contribution in [0.5, 0.6) is 0 Å². The van der Waals surface area contributed by atoms with Crippen molar-refractivity contribution >= 4 is 38.7 Å². The first kappa shape index (κ1) is 19.9. The number of allylic oxidation sites excluding steroid dienone is 3. The minimum Gasteiger partial charge on any atom is -0.384 e. The number of Topliss-reactive ketones (excluding diaryl/α,β-unsaturated/α-hetero) is 1. The normalized spacial score (nSPS) is 19.4. The molecule has 148 valence electrons. The summed E-state index contributed by atoms with van der Waals surface area (Å²) >= 11 is 4.86. The van der Waals surface area contributed by atoms with Gasteiger partial charge in [0, 0.05) is 31.9 Å². The summed E-state index contributed by atoms with van der Waals surface area (Å²) in [6.07, 6.45) is 2.60. The molecule has 2 aromatic rings. The molecule has 1 aliphatic heterocycles. The van der Waals surface area contributed by atoms with Gasteiger partial charge in [-0.2, -0.15) is 5.26 Å². The number of nitrogens with two attached hydrogens (primary N) is 1. The number of rotatable bonds is 3. The van der Waals surface area contributed by atoms with Gasteiger partial charge in [0.05, 0.1) is 23.2 Å². The van der Waals surface area contributed by atoms with Crippen molar-refractivity contribution in [3.05, 3.63) is 73.0 Å². The van der Waals surface area contributed by atoms with E-state index in [0.29, 0.717) is 40.6 Å². The van der Waals surface area contributed by atoms with E-state index in [2.05, 4.69) is 28.9 Å².